The Morgan fingerprint density at radius 3 is 2.21 bits per heavy atom. The zero-order valence-corrected chi connectivity index (χ0v) is 19.1. The maximum Gasteiger partial charge on any atom is 0.309 e. The van der Waals surface area contributed by atoms with E-state index in [1.807, 2.05) is 26.8 Å². The molecule has 3 aromatic rings. The summed E-state index contributed by atoms with van der Waals surface area (Å²) in [5.74, 6) is 1.05. The second-order valence-corrected chi connectivity index (χ2v) is 7.25. The monoisotopic (exact) mass is 453 g/mol. The first-order valence-electron chi connectivity index (χ1n) is 10.5. The van der Waals surface area contributed by atoms with Crippen LogP contribution in [0.5, 0.6) is 11.5 Å². The quantitative estimate of drug-likeness (QED) is 0.466. The number of nitrogens with one attached hydrogen (secondary N) is 1. The van der Waals surface area contributed by atoms with E-state index in [0.717, 1.165) is 17.1 Å². The van der Waals surface area contributed by atoms with Gasteiger partial charge in [0.05, 0.1) is 25.3 Å². The predicted molar refractivity (Wildman–Crippen MR) is 121 cm³/mol. The second kappa shape index (κ2) is 11.1. The molecule has 0 aliphatic carbocycles. The molecule has 10 nitrogen and oxygen atoms in total. The predicted octanol–water partition coefficient (Wildman–Crippen LogP) is 2.94. The van der Waals surface area contributed by atoms with Gasteiger partial charge in [-0.3, -0.25) is 9.59 Å². The van der Waals surface area contributed by atoms with Gasteiger partial charge in [-0.25, -0.2) is 9.97 Å². The molecule has 174 valence electrons. The van der Waals surface area contributed by atoms with Crippen LogP contribution >= 0.6 is 0 Å². The zero-order valence-electron chi connectivity index (χ0n) is 19.1. The topological polar surface area (TPSA) is 117 Å². The van der Waals surface area contributed by atoms with Crippen molar-refractivity contribution in [3.05, 3.63) is 53.5 Å². The van der Waals surface area contributed by atoms with Crippen LogP contribution in [0.2, 0.25) is 0 Å². The second-order valence-electron chi connectivity index (χ2n) is 7.25. The first-order chi connectivity index (χ1) is 15.8. The summed E-state index contributed by atoms with van der Waals surface area (Å²) in [6, 6.07) is 10.6. The molecule has 1 aromatic carbocycles. The Kier molecular flexibility index (Phi) is 7.96. The van der Waals surface area contributed by atoms with Crippen LogP contribution in [0.3, 0.4) is 0 Å². The van der Waals surface area contributed by atoms with Crippen molar-refractivity contribution in [2.45, 2.75) is 34.1 Å². The van der Waals surface area contributed by atoms with Gasteiger partial charge < -0.3 is 19.5 Å². The Morgan fingerprint density at radius 1 is 0.939 bits per heavy atom. The van der Waals surface area contributed by atoms with E-state index in [1.54, 1.807) is 37.3 Å². The molecular formula is C23H27N5O5. The number of amides is 1. The molecule has 2 heterocycles. The van der Waals surface area contributed by atoms with Gasteiger partial charge >= 0.3 is 5.97 Å². The van der Waals surface area contributed by atoms with Crippen molar-refractivity contribution >= 4 is 17.7 Å². The van der Waals surface area contributed by atoms with Gasteiger partial charge in [0.2, 0.25) is 0 Å². The first-order valence-corrected chi connectivity index (χ1v) is 10.5. The van der Waals surface area contributed by atoms with Crippen molar-refractivity contribution < 1.29 is 23.8 Å². The summed E-state index contributed by atoms with van der Waals surface area (Å²) in [5, 5.41) is 7.02. The van der Waals surface area contributed by atoms with Crippen molar-refractivity contribution in [3.63, 3.8) is 0 Å². The van der Waals surface area contributed by atoms with Crippen LogP contribution in [-0.4, -0.2) is 51.4 Å². The molecule has 3 rings (SSSR count). The molecule has 0 spiro atoms. The minimum Gasteiger partial charge on any atom is -0.494 e. The molecule has 33 heavy (non-hydrogen) atoms. The lowest BCUT2D eigenvalue weighted by atomic mass is 10.3. The Bertz CT molecular complexity index is 1090. The van der Waals surface area contributed by atoms with Crippen LogP contribution in [0.1, 0.15) is 30.4 Å². The largest absolute Gasteiger partial charge is 0.494 e. The van der Waals surface area contributed by atoms with E-state index in [-0.39, 0.29) is 13.0 Å². The van der Waals surface area contributed by atoms with Gasteiger partial charge in [-0.2, -0.15) is 9.78 Å². The van der Waals surface area contributed by atoms with E-state index >= 15 is 0 Å². The number of esters is 1. The van der Waals surface area contributed by atoms with Crippen molar-refractivity contribution in [2.24, 2.45) is 0 Å². The molecular weight excluding hydrogens is 426 g/mol. The molecule has 0 radical (unpaired) electrons. The van der Waals surface area contributed by atoms with Crippen LogP contribution in [0.4, 0.5) is 5.82 Å². The molecule has 1 amide bonds. The molecule has 0 saturated heterocycles. The number of ether oxygens (including phenoxy) is 3. The molecule has 0 bridgehead atoms. The van der Waals surface area contributed by atoms with Crippen molar-refractivity contribution in [3.8, 4) is 17.4 Å². The van der Waals surface area contributed by atoms with E-state index in [1.165, 1.54) is 4.68 Å². The van der Waals surface area contributed by atoms with E-state index in [4.69, 9.17) is 14.2 Å². The molecule has 10 heteroatoms. The number of aryl methyl sites for hydroxylation is 3. The lowest BCUT2D eigenvalue weighted by Gasteiger charge is -2.10. The fourth-order valence-electron chi connectivity index (χ4n) is 2.99. The number of benzene rings is 1. The molecule has 0 saturated carbocycles. The number of hydrogen-bond acceptors (Lipinski definition) is 8. The van der Waals surface area contributed by atoms with E-state index in [2.05, 4.69) is 20.4 Å². The summed E-state index contributed by atoms with van der Waals surface area (Å²) in [7, 11) is 0. The fourth-order valence-corrected chi connectivity index (χ4v) is 2.99. The van der Waals surface area contributed by atoms with Crippen LogP contribution in [0.25, 0.3) is 5.95 Å². The average Bonchev–Trinajstić information content (AvgIpc) is 3.13. The molecule has 0 aliphatic rings. The number of rotatable bonds is 10. The van der Waals surface area contributed by atoms with Crippen molar-refractivity contribution in [1.29, 1.82) is 0 Å². The van der Waals surface area contributed by atoms with Gasteiger partial charge in [0.1, 0.15) is 17.3 Å². The standard InChI is InChI=1S/C23H27N5O5/c1-5-31-18-6-8-19(9-7-18)32-11-10-22(30)33-14-21(29)26-20-13-17(4)27-28(20)23-24-15(2)12-16(3)25-23/h6-9,12-13H,5,10-11,14H2,1-4H3,(H,26,29). The minimum absolute atomic E-state index is 0.00788. The molecule has 0 fully saturated rings. The van der Waals surface area contributed by atoms with E-state index in [0.29, 0.717) is 29.8 Å². The van der Waals surface area contributed by atoms with Gasteiger partial charge in [-0.05, 0) is 58.0 Å². The number of carbonyl (C=O) groups excluding carboxylic acids is 2. The third kappa shape index (κ3) is 7.03. The third-order valence-corrected chi connectivity index (χ3v) is 4.33. The van der Waals surface area contributed by atoms with Gasteiger partial charge in [0.25, 0.3) is 11.9 Å². The highest BCUT2D eigenvalue weighted by Crippen LogP contribution is 2.18. The smallest absolute Gasteiger partial charge is 0.309 e. The Hall–Kier alpha value is -3.95. The molecule has 0 atom stereocenters. The lowest BCUT2D eigenvalue weighted by Crippen LogP contribution is -2.23. The fraction of sp³-hybridized carbons (Fsp3) is 0.348. The maximum atomic E-state index is 12.3. The number of aromatic nitrogens is 4. The number of carbonyl (C=O) groups is 2. The van der Waals surface area contributed by atoms with Crippen molar-refractivity contribution in [2.75, 3.05) is 25.1 Å². The maximum absolute atomic E-state index is 12.3. The average molecular weight is 453 g/mol. The molecule has 0 unspecified atom stereocenters. The van der Waals surface area contributed by atoms with Crippen LogP contribution < -0.4 is 14.8 Å². The molecule has 2 aromatic heterocycles. The molecule has 1 N–H and O–H groups in total. The van der Waals surface area contributed by atoms with Crippen LogP contribution in [0, 0.1) is 20.8 Å². The third-order valence-electron chi connectivity index (χ3n) is 4.33. The van der Waals surface area contributed by atoms with Crippen molar-refractivity contribution in [1.82, 2.24) is 19.7 Å². The highest BCUT2D eigenvalue weighted by molar-refractivity contribution is 5.92. The summed E-state index contributed by atoms with van der Waals surface area (Å²) in [5.41, 5.74) is 2.24. The summed E-state index contributed by atoms with van der Waals surface area (Å²) < 4.78 is 17.4. The zero-order chi connectivity index (χ0) is 23.8. The van der Waals surface area contributed by atoms with Crippen LogP contribution in [-0.2, 0) is 14.3 Å². The summed E-state index contributed by atoms with van der Waals surface area (Å²) in [4.78, 5) is 33.0. The van der Waals surface area contributed by atoms with Gasteiger partial charge in [0, 0.05) is 17.5 Å². The highest BCUT2D eigenvalue weighted by Gasteiger charge is 2.15. The molecule has 0 aliphatic heterocycles. The number of nitrogens with zero attached hydrogens (tertiary/aromatic N) is 4. The van der Waals surface area contributed by atoms with E-state index < -0.39 is 18.5 Å². The van der Waals surface area contributed by atoms with Gasteiger partial charge in [-0.15, -0.1) is 0 Å². The SMILES string of the molecule is CCOc1ccc(OCCC(=O)OCC(=O)Nc2cc(C)nn2-c2nc(C)cc(C)n2)cc1. The highest BCUT2D eigenvalue weighted by atomic mass is 16.5. The summed E-state index contributed by atoms with van der Waals surface area (Å²) in [6.07, 6.45) is 0.00788. The Balaban J connectivity index is 1.47. The summed E-state index contributed by atoms with van der Waals surface area (Å²) in [6.45, 7) is 7.69. The Morgan fingerprint density at radius 2 is 1.58 bits per heavy atom. The van der Waals surface area contributed by atoms with E-state index in [9.17, 15) is 9.59 Å². The lowest BCUT2D eigenvalue weighted by molar-refractivity contribution is -0.147. The number of hydrogen-bond donors (Lipinski definition) is 1. The minimum atomic E-state index is -0.543. The van der Waals surface area contributed by atoms with Crippen LogP contribution in [0.15, 0.2) is 36.4 Å². The van der Waals surface area contributed by atoms with Gasteiger partial charge in [0.15, 0.2) is 6.61 Å². The first kappa shape index (κ1) is 23.7. The Labute approximate surface area is 191 Å². The van der Waals surface area contributed by atoms with Gasteiger partial charge in [-0.1, -0.05) is 0 Å². The summed E-state index contributed by atoms with van der Waals surface area (Å²) >= 11 is 0. The normalized spacial score (nSPS) is 10.5. The number of anilines is 1.